The molecule has 0 aromatic rings. The largest absolute Gasteiger partial charge is 0.306 e. The summed E-state index contributed by atoms with van der Waals surface area (Å²) in [5.41, 5.74) is 0. The molecule has 23 heavy (non-hydrogen) atoms. The van der Waals surface area contributed by atoms with E-state index < -0.39 is 0 Å². The lowest BCUT2D eigenvalue weighted by Gasteiger charge is -2.35. The van der Waals surface area contributed by atoms with E-state index in [0.29, 0.717) is 0 Å². The molecule has 2 saturated heterocycles. The van der Waals surface area contributed by atoms with Crippen molar-refractivity contribution in [3.05, 3.63) is 0 Å². The lowest BCUT2D eigenvalue weighted by Crippen LogP contribution is -2.38. The molecule has 0 unspecified atom stereocenters. The van der Waals surface area contributed by atoms with Crippen molar-refractivity contribution < 1.29 is 0 Å². The number of likely N-dealkylation sites (tertiary alicyclic amines) is 2. The third-order valence-corrected chi connectivity index (χ3v) is 5.89. The molecular formula is C21H44N2. The van der Waals surface area contributed by atoms with Crippen LogP contribution in [0.15, 0.2) is 0 Å². The molecule has 0 atom stereocenters. The summed E-state index contributed by atoms with van der Waals surface area (Å²) >= 11 is 0. The minimum Gasteiger partial charge on any atom is -0.306 e. The Kier molecular flexibility index (Phi) is 9.77. The second kappa shape index (κ2) is 10.7. The van der Waals surface area contributed by atoms with Gasteiger partial charge < -0.3 is 9.80 Å². The summed E-state index contributed by atoms with van der Waals surface area (Å²) < 4.78 is 0. The van der Waals surface area contributed by atoms with Crippen molar-refractivity contribution in [2.75, 3.05) is 33.2 Å². The van der Waals surface area contributed by atoms with Crippen molar-refractivity contribution in [3.63, 3.8) is 0 Å². The zero-order valence-corrected chi connectivity index (χ0v) is 17.1. The van der Waals surface area contributed by atoms with Gasteiger partial charge in [0.15, 0.2) is 0 Å². The maximum absolute atomic E-state index is 2.61. The van der Waals surface area contributed by atoms with Gasteiger partial charge in [-0.25, -0.2) is 0 Å². The van der Waals surface area contributed by atoms with Gasteiger partial charge in [0, 0.05) is 6.04 Å². The van der Waals surface area contributed by atoms with Crippen molar-refractivity contribution in [2.45, 2.75) is 79.7 Å². The van der Waals surface area contributed by atoms with Crippen LogP contribution >= 0.6 is 0 Å². The van der Waals surface area contributed by atoms with E-state index in [1.807, 2.05) is 0 Å². The first-order valence-corrected chi connectivity index (χ1v) is 10.2. The molecule has 0 amide bonds. The molecule has 2 nitrogen and oxygen atoms in total. The molecular weight excluding hydrogens is 280 g/mol. The van der Waals surface area contributed by atoms with Crippen LogP contribution in [-0.2, 0) is 0 Å². The van der Waals surface area contributed by atoms with E-state index in [-0.39, 0.29) is 0 Å². The van der Waals surface area contributed by atoms with Gasteiger partial charge in [-0.15, -0.1) is 0 Å². The molecule has 0 aromatic carbocycles. The van der Waals surface area contributed by atoms with Crippen LogP contribution in [0.1, 0.15) is 73.6 Å². The Hall–Kier alpha value is -0.0800. The summed E-state index contributed by atoms with van der Waals surface area (Å²) in [5, 5.41) is 0. The average Bonchev–Trinajstić information content (AvgIpc) is 2.48. The van der Waals surface area contributed by atoms with Gasteiger partial charge in [-0.3, -0.25) is 0 Å². The van der Waals surface area contributed by atoms with Gasteiger partial charge in [0.05, 0.1) is 0 Å². The van der Waals surface area contributed by atoms with Gasteiger partial charge in [0.2, 0.25) is 0 Å². The van der Waals surface area contributed by atoms with E-state index in [2.05, 4.69) is 58.4 Å². The minimum atomic E-state index is 0.750. The topological polar surface area (TPSA) is 6.48 Å². The predicted molar refractivity (Wildman–Crippen MR) is 104 cm³/mol. The summed E-state index contributed by atoms with van der Waals surface area (Å²) in [6, 6.07) is 0.750. The van der Waals surface area contributed by atoms with E-state index in [1.54, 1.807) is 0 Å². The van der Waals surface area contributed by atoms with Crippen LogP contribution in [0, 0.1) is 23.7 Å². The Morgan fingerprint density at radius 2 is 1.30 bits per heavy atom. The number of hydrogen-bond donors (Lipinski definition) is 0. The number of rotatable bonds is 4. The van der Waals surface area contributed by atoms with Gasteiger partial charge >= 0.3 is 0 Å². The molecule has 0 spiro atoms. The fraction of sp³-hybridized carbons (Fsp3) is 1.00. The molecule has 2 heterocycles. The third kappa shape index (κ3) is 8.54. The quantitative estimate of drug-likeness (QED) is 0.706. The number of hydrogen-bond acceptors (Lipinski definition) is 2. The van der Waals surface area contributed by atoms with Crippen LogP contribution in [0.4, 0.5) is 0 Å². The lowest BCUT2D eigenvalue weighted by molar-refractivity contribution is 0.139. The highest BCUT2D eigenvalue weighted by molar-refractivity contribution is 4.75. The molecule has 0 aliphatic carbocycles. The normalized spacial score (nSPS) is 22.7. The fourth-order valence-electron chi connectivity index (χ4n) is 4.07. The van der Waals surface area contributed by atoms with Crippen LogP contribution < -0.4 is 0 Å². The van der Waals surface area contributed by atoms with Crippen molar-refractivity contribution >= 4 is 0 Å². The molecule has 2 heteroatoms. The fourth-order valence-corrected chi connectivity index (χ4v) is 4.07. The van der Waals surface area contributed by atoms with E-state index in [0.717, 1.165) is 29.7 Å². The smallest absolute Gasteiger partial charge is 0.00385 e. The maximum Gasteiger partial charge on any atom is 0.00385 e. The summed E-state index contributed by atoms with van der Waals surface area (Å²) in [4.78, 5) is 5.04. The average molecular weight is 325 g/mol. The van der Waals surface area contributed by atoms with Crippen LogP contribution in [-0.4, -0.2) is 49.1 Å². The molecule has 2 rings (SSSR count). The molecule has 0 aromatic heterocycles. The van der Waals surface area contributed by atoms with Gasteiger partial charge in [0.1, 0.15) is 0 Å². The van der Waals surface area contributed by atoms with E-state index in [1.165, 1.54) is 58.3 Å². The van der Waals surface area contributed by atoms with Gasteiger partial charge in [-0.1, -0.05) is 27.7 Å². The van der Waals surface area contributed by atoms with E-state index >= 15 is 0 Å². The zero-order valence-electron chi connectivity index (χ0n) is 17.1. The van der Waals surface area contributed by atoms with E-state index in [9.17, 15) is 0 Å². The summed E-state index contributed by atoms with van der Waals surface area (Å²) in [6.07, 6.45) is 7.11. The molecule has 0 saturated carbocycles. The summed E-state index contributed by atoms with van der Waals surface area (Å²) in [7, 11) is 2.22. The molecule has 0 bridgehead atoms. The van der Waals surface area contributed by atoms with Crippen molar-refractivity contribution in [3.8, 4) is 0 Å². The Labute approximate surface area is 147 Å². The van der Waals surface area contributed by atoms with Crippen LogP contribution in [0.2, 0.25) is 0 Å². The summed E-state index contributed by atoms with van der Waals surface area (Å²) in [5.74, 6) is 3.79. The number of nitrogens with zero attached hydrogens (tertiary/aromatic N) is 2. The molecule has 2 aliphatic rings. The SMILES string of the molecule is CC(C)C1CCN(C)CC1.CC(C)CC1CCN(C(C)C)CC1. The monoisotopic (exact) mass is 324 g/mol. The third-order valence-electron chi connectivity index (χ3n) is 5.89. The zero-order chi connectivity index (χ0) is 17.4. The van der Waals surface area contributed by atoms with E-state index in [4.69, 9.17) is 0 Å². The Morgan fingerprint density at radius 3 is 1.70 bits per heavy atom. The highest BCUT2D eigenvalue weighted by Gasteiger charge is 2.21. The first-order valence-electron chi connectivity index (χ1n) is 10.2. The molecule has 0 radical (unpaired) electrons. The molecule has 2 aliphatic heterocycles. The van der Waals surface area contributed by atoms with Gasteiger partial charge in [-0.2, -0.15) is 0 Å². The van der Waals surface area contributed by atoms with Gasteiger partial charge in [-0.05, 0) is 103 Å². The summed E-state index contributed by atoms with van der Waals surface area (Å²) in [6.45, 7) is 19.3. The highest BCUT2D eigenvalue weighted by atomic mass is 15.1. The van der Waals surface area contributed by atoms with Crippen LogP contribution in [0.5, 0.6) is 0 Å². The predicted octanol–water partition coefficient (Wildman–Crippen LogP) is 5.14. The molecule has 2 fully saturated rings. The first kappa shape index (κ1) is 21.0. The first-order chi connectivity index (χ1) is 10.8. The second-order valence-corrected chi connectivity index (χ2v) is 9.09. The van der Waals surface area contributed by atoms with Crippen LogP contribution in [0.25, 0.3) is 0 Å². The molecule has 138 valence electrons. The highest BCUT2D eigenvalue weighted by Crippen LogP contribution is 2.25. The standard InChI is InChI=1S/C12H25N.C9H19N/c1-10(2)9-12-5-7-13(8-6-12)11(3)4;1-8(2)9-4-6-10(3)7-5-9/h10-12H,5-9H2,1-4H3;8-9H,4-7H2,1-3H3. The minimum absolute atomic E-state index is 0.750. The van der Waals surface area contributed by atoms with Crippen molar-refractivity contribution in [1.29, 1.82) is 0 Å². The second-order valence-electron chi connectivity index (χ2n) is 9.09. The maximum atomic E-state index is 2.61. The van der Waals surface area contributed by atoms with Crippen LogP contribution in [0.3, 0.4) is 0 Å². The lowest BCUT2D eigenvalue weighted by atomic mass is 9.87. The van der Waals surface area contributed by atoms with Gasteiger partial charge in [0.25, 0.3) is 0 Å². The Balaban J connectivity index is 0.000000238. The molecule has 0 N–H and O–H groups in total. The van der Waals surface area contributed by atoms with Crippen molar-refractivity contribution in [1.82, 2.24) is 9.80 Å². The Bertz CT molecular complexity index is 282. The number of piperidine rings is 2. The Morgan fingerprint density at radius 1 is 0.783 bits per heavy atom. The van der Waals surface area contributed by atoms with Crippen molar-refractivity contribution in [2.24, 2.45) is 23.7 Å².